The van der Waals surface area contributed by atoms with E-state index in [1.165, 1.54) is 12.8 Å². The highest BCUT2D eigenvalue weighted by molar-refractivity contribution is 5.86. The van der Waals surface area contributed by atoms with E-state index in [0.29, 0.717) is 5.57 Å². The molecule has 0 radical (unpaired) electrons. The van der Waals surface area contributed by atoms with E-state index >= 15 is 0 Å². The van der Waals surface area contributed by atoms with Gasteiger partial charge in [0.25, 0.3) is 0 Å². The van der Waals surface area contributed by atoms with Crippen LogP contribution in [0.1, 0.15) is 52.4 Å². The maximum absolute atomic E-state index is 10.7. The Morgan fingerprint density at radius 1 is 1.11 bits per heavy atom. The van der Waals surface area contributed by atoms with Crippen molar-refractivity contribution in [1.29, 1.82) is 0 Å². The molecule has 0 aliphatic rings. The van der Waals surface area contributed by atoms with Crippen molar-refractivity contribution in [3.05, 3.63) is 24.3 Å². The maximum atomic E-state index is 10.7. The van der Waals surface area contributed by atoms with Crippen LogP contribution in [0.5, 0.6) is 0 Å². The van der Waals surface area contributed by atoms with Gasteiger partial charge in [-0.05, 0) is 19.3 Å². The number of allylic oxidation sites excluding steroid dienone is 1. The van der Waals surface area contributed by atoms with Gasteiger partial charge < -0.3 is 10.2 Å². The van der Waals surface area contributed by atoms with Crippen molar-refractivity contribution in [1.82, 2.24) is 0 Å². The summed E-state index contributed by atoms with van der Waals surface area (Å²) < 4.78 is 0. The number of carboxylic acid groups (broad SMARTS) is 2. The molecule has 0 atom stereocenters. The largest absolute Gasteiger partial charge is 0.478 e. The molecule has 0 rings (SSSR count). The fourth-order valence-corrected chi connectivity index (χ4v) is 1.28. The van der Waals surface area contributed by atoms with Gasteiger partial charge in [0.1, 0.15) is 0 Å². The van der Waals surface area contributed by atoms with Gasteiger partial charge >= 0.3 is 11.9 Å². The molecule has 0 fully saturated rings. The molecule has 104 valence electrons. The van der Waals surface area contributed by atoms with Crippen molar-refractivity contribution < 1.29 is 19.8 Å². The first-order valence-corrected chi connectivity index (χ1v) is 6.27. The average molecular weight is 256 g/mol. The van der Waals surface area contributed by atoms with Crippen LogP contribution >= 0.6 is 0 Å². The van der Waals surface area contributed by atoms with Crippen molar-refractivity contribution >= 4 is 11.9 Å². The van der Waals surface area contributed by atoms with E-state index in [9.17, 15) is 9.59 Å². The number of hydrogen-bond acceptors (Lipinski definition) is 2. The molecular weight excluding hydrogens is 232 g/mol. The molecule has 0 amide bonds. The molecule has 0 heterocycles. The van der Waals surface area contributed by atoms with Crippen molar-refractivity contribution in [2.45, 2.75) is 52.4 Å². The topological polar surface area (TPSA) is 74.6 Å². The van der Waals surface area contributed by atoms with Gasteiger partial charge in [0, 0.05) is 11.6 Å². The molecule has 0 spiro atoms. The summed E-state index contributed by atoms with van der Waals surface area (Å²) in [4.78, 5) is 19.9. The zero-order chi connectivity index (χ0) is 14.4. The van der Waals surface area contributed by atoms with Gasteiger partial charge in [-0.3, -0.25) is 0 Å². The van der Waals surface area contributed by atoms with Gasteiger partial charge in [0.15, 0.2) is 0 Å². The zero-order valence-corrected chi connectivity index (χ0v) is 11.3. The highest BCUT2D eigenvalue weighted by Gasteiger charge is 2.04. The lowest BCUT2D eigenvalue weighted by Gasteiger charge is -2.01. The predicted octanol–water partition coefficient (Wildman–Crippen LogP) is 3.63. The second-order valence-corrected chi connectivity index (χ2v) is 3.80. The number of aliphatic carboxylic acids is 2. The number of unbranched alkanes of at least 4 members (excludes halogenated alkanes) is 3. The number of carboxylic acids is 2. The normalized spacial score (nSPS) is 10.2. The van der Waals surface area contributed by atoms with Gasteiger partial charge in [-0.15, -0.1) is 0 Å². The number of hydrogen-bond donors (Lipinski definition) is 2. The summed E-state index contributed by atoms with van der Waals surface area (Å²) in [7, 11) is 0. The number of carbonyl (C=O) groups is 2. The van der Waals surface area contributed by atoms with Gasteiger partial charge in [-0.25, -0.2) is 9.59 Å². The molecule has 4 nitrogen and oxygen atoms in total. The Morgan fingerprint density at radius 2 is 1.67 bits per heavy atom. The Bertz CT molecular complexity index is 280. The van der Waals surface area contributed by atoms with Crippen molar-refractivity contribution in [2.24, 2.45) is 0 Å². The molecule has 0 aliphatic heterocycles. The van der Waals surface area contributed by atoms with E-state index in [2.05, 4.69) is 13.5 Å². The van der Waals surface area contributed by atoms with Crippen LogP contribution in [0.3, 0.4) is 0 Å². The van der Waals surface area contributed by atoms with Gasteiger partial charge in [0.05, 0.1) is 0 Å². The lowest BCUT2D eigenvalue weighted by atomic mass is 10.1. The van der Waals surface area contributed by atoms with Crippen LogP contribution in [0.2, 0.25) is 0 Å². The van der Waals surface area contributed by atoms with Crippen molar-refractivity contribution in [3.8, 4) is 0 Å². The first-order chi connectivity index (χ1) is 8.49. The quantitative estimate of drug-likeness (QED) is 0.513. The highest BCUT2D eigenvalue weighted by atomic mass is 16.4. The minimum Gasteiger partial charge on any atom is -0.478 e. The van der Waals surface area contributed by atoms with E-state index in [4.69, 9.17) is 10.2 Å². The molecule has 2 N–H and O–H groups in total. The smallest absolute Gasteiger partial charge is 0.331 e. The standard InChI is InChI=1S/C11H20O2.C3H4O2/c1-3-5-6-7-9-10(8-4-2)11(12)13;1-2-3(4)5/h8H,3-7,9H2,1-2H3,(H,12,13);2H,1H2,(H,4,5). The molecule has 0 aromatic carbocycles. The third-order valence-electron chi connectivity index (χ3n) is 2.20. The van der Waals surface area contributed by atoms with Crippen LogP contribution in [-0.2, 0) is 9.59 Å². The molecule has 18 heavy (non-hydrogen) atoms. The average Bonchev–Trinajstić information content (AvgIpc) is 2.33. The third kappa shape index (κ3) is 14.4. The summed E-state index contributed by atoms with van der Waals surface area (Å²) in [5.74, 6) is -1.73. The Balaban J connectivity index is 0. The van der Waals surface area contributed by atoms with Crippen LogP contribution in [-0.4, -0.2) is 22.2 Å². The Hall–Kier alpha value is -1.58. The summed E-state index contributed by atoms with van der Waals surface area (Å²) in [6.07, 6.45) is 8.74. The van der Waals surface area contributed by atoms with E-state index in [1.807, 2.05) is 13.0 Å². The molecule has 0 aromatic rings. The monoisotopic (exact) mass is 256 g/mol. The fourth-order valence-electron chi connectivity index (χ4n) is 1.28. The molecule has 0 unspecified atom stereocenters. The minimum atomic E-state index is -0.981. The van der Waals surface area contributed by atoms with Crippen LogP contribution in [0, 0.1) is 0 Å². The first kappa shape index (κ1) is 18.8. The molecule has 0 bridgehead atoms. The first-order valence-electron chi connectivity index (χ1n) is 6.27. The summed E-state index contributed by atoms with van der Waals surface area (Å²) >= 11 is 0. The zero-order valence-electron chi connectivity index (χ0n) is 11.3. The molecule has 0 aliphatic carbocycles. The number of rotatable bonds is 8. The molecule has 0 saturated carbocycles. The molecular formula is C14H24O4. The van der Waals surface area contributed by atoms with Crippen molar-refractivity contribution in [3.63, 3.8) is 0 Å². The summed E-state index contributed by atoms with van der Waals surface area (Å²) in [5.41, 5.74) is 0.582. The van der Waals surface area contributed by atoms with E-state index < -0.39 is 11.9 Å². The van der Waals surface area contributed by atoms with Gasteiger partial charge in [0.2, 0.25) is 0 Å². The fraction of sp³-hybridized carbons (Fsp3) is 0.571. The van der Waals surface area contributed by atoms with Crippen LogP contribution in [0.15, 0.2) is 24.3 Å². The van der Waals surface area contributed by atoms with Crippen molar-refractivity contribution in [2.75, 3.05) is 0 Å². The van der Waals surface area contributed by atoms with Crippen LogP contribution in [0.25, 0.3) is 0 Å². The lowest BCUT2D eigenvalue weighted by Crippen LogP contribution is -2.00. The Labute approximate surface area is 109 Å². The van der Waals surface area contributed by atoms with E-state index in [0.717, 1.165) is 31.8 Å². The van der Waals surface area contributed by atoms with Gasteiger partial charge in [-0.1, -0.05) is 45.8 Å². The Morgan fingerprint density at radius 3 is 2.00 bits per heavy atom. The van der Waals surface area contributed by atoms with E-state index in [-0.39, 0.29) is 0 Å². The maximum Gasteiger partial charge on any atom is 0.331 e. The molecule has 0 aromatic heterocycles. The van der Waals surface area contributed by atoms with Crippen LogP contribution in [0.4, 0.5) is 0 Å². The predicted molar refractivity (Wildman–Crippen MR) is 72.6 cm³/mol. The second kappa shape index (κ2) is 13.5. The minimum absolute atomic E-state index is 0.582. The summed E-state index contributed by atoms with van der Waals surface area (Å²) in [6, 6.07) is 0. The third-order valence-corrected chi connectivity index (χ3v) is 2.20. The lowest BCUT2D eigenvalue weighted by molar-refractivity contribution is -0.133. The summed E-state index contributed by atoms with van der Waals surface area (Å²) in [5, 5.41) is 16.4. The van der Waals surface area contributed by atoms with Gasteiger partial charge in [-0.2, -0.15) is 0 Å². The second-order valence-electron chi connectivity index (χ2n) is 3.80. The SMILES string of the molecule is C=CC(=O)O.CCC=C(CCCCCC)C(=O)O. The molecule has 0 saturated heterocycles. The van der Waals surface area contributed by atoms with Crippen LogP contribution < -0.4 is 0 Å². The van der Waals surface area contributed by atoms with E-state index in [1.54, 1.807) is 0 Å². The summed E-state index contributed by atoms with van der Waals surface area (Å²) in [6.45, 7) is 7.08. The highest BCUT2D eigenvalue weighted by Crippen LogP contribution is 2.10. The Kier molecular flexibility index (Phi) is 14.1. The molecule has 4 heteroatoms.